The van der Waals surface area contributed by atoms with E-state index in [4.69, 9.17) is 4.74 Å². The van der Waals surface area contributed by atoms with Gasteiger partial charge in [-0.2, -0.15) is 0 Å². The summed E-state index contributed by atoms with van der Waals surface area (Å²) in [5.41, 5.74) is 1.44. The number of nitrogens with one attached hydrogen (secondary N) is 1. The predicted molar refractivity (Wildman–Crippen MR) is 76.5 cm³/mol. The molecule has 0 bridgehead atoms. The maximum Gasteiger partial charge on any atom is 0.160 e. The third-order valence-corrected chi connectivity index (χ3v) is 2.99. The summed E-state index contributed by atoms with van der Waals surface area (Å²) >= 11 is 0. The van der Waals surface area contributed by atoms with Crippen LogP contribution >= 0.6 is 0 Å². The summed E-state index contributed by atoms with van der Waals surface area (Å²) < 4.78 is 4.98. The second-order valence-electron chi connectivity index (χ2n) is 4.54. The number of rotatable bonds is 4. The second kappa shape index (κ2) is 5.61. The number of hydrogen-bond donors (Lipinski definition) is 4. The molecule has 4 N–H and O–H groups in total. The lowest BCUT2D eigenvalue weighted by Crippen LogP contribution is -2.06. The van der Waals surface area contributed by atoms with Crippen LogP contribution in [0.5, 0.6) is 23.0 Å². The quantitative estimate of drug-likeness (QED) is 0.689. The van der Waals surface area contributed by atoms with Gasteiger partial charge in [0.2, 0.25) is 0 Å². The van der Waals surface area contributed by atoms with E-state index in [-0.39, 0.29) is 23.3 Å². The minimum atomic E-state index is -0.152. The Labute approximate surface area is 117 Å². The molecule has 2 aromatic rings. The highest BCUT2D eigenvalue weighted by Crippen LogP contribution is 2.31. The van der Waals surface area contributed by atoms with Gasteiger partial charge >= 0.3 is 0 Å². The average Bonchev–Trinajstić information content (AvgIpc) is 2.37. The van der Waals surface area contributed by atoms with Gasteiger partial charge in [-0.25, -0.2) is 0 Å². The molecule has 0 aliphatic heterocycles. The number of phenols is 3. The van der Waals surface area contributed by atoms with Gasteiger partial charge in [0.05, 0.1) is 7.11 Å². The highest BCUT2D eigenvalue weighted by Gasteiger charge is 2.09. The SMILES string of the molecule is COc1ccc(NC(C)c2cc(O)cc(O)c2)cc1O. The van der Waals surface area contributed by atoms with Crippen molar-refractivity contribution in [1.82, 2.24) is 0 Å². The summed E-state index contributed by atoms with van der Waals surface area (Å²) in [5, 5.41) is 31.8. The average molecular weight is 275 g/mol. The van der Waals surface area contributed by atoms with Crippen LogP contribution in [-0.2, 0) is 0 Å². The van der Waals surface area contributed by atoms with Crippen molar-refractivity contribution in [3.8, 4) is 23.0 Å². The van der Waals surface area contributed by atoms with Crippen LogP contribution in [-0.4, -0.2) is 22.4 Å². The molecule has 20 heavy (non-hydrogen) atoms. The minimum absolute atomic E-state index is 0.00577. The lowest BCUT2D eigenvalue weighted by Gasteiger charge is -2.17. The Kier molecular flexibility index (Phi) is 3.89. The number of hydrogen-bond acceptors (Lipinski definition) is 5. The van der Waals surface area contributed by atoms with E-state index in [1.165, 1.54) is 13.2 Å². The number of methoxy groups -OCH3 is 1. The summed E-state index contributed by atoms with van der Waals surface area (Å²) in [6.07, 6.45) is 0. The van der Waals surface area contributed by atoms with E-state index >= 15 is 0 Å². The standard InChI is InChI=1S/C15H17NO4/c1-9(10-5-12(17)8-13(18)6-10)16-11-3-4-15(20-2)14(19)7-11/h3-9,16-19H,1-2H3. The zero-order valence-corrected chi connectivity index (χ0v) is 11.3. The lowest BCUT2D eigenvalue weighted by atomic mass is 10.1. The van der Waals surface area contributed by atoms with Gasteiger partial charge in [0, 0.05) is 23.9 Å². The largest absolute Gasteiger partial charge is 0.508 e. The summed E-state index contributed by atoms with van der Waals surface area (Å²) in [4.78, 5) is 0. The van der Waals surface area contributed by atoms with Crippen LogP contribution < -0.4 is 10.1 Å². The third kappa shape index (κ3) is 3.06. The fourth-order valence-corrected chi connectivity index (χ4v) is 1.98. The first-order valence-electron chi connectivity index (χ1n) is 6.16. The minimum Gasteiger partial charge on any atom is -0.508 e. The summed E-state index contributed by atoms with van der Waals surface area (Å²) in [6, 6.07) is 9.25. The van der Waals surface area contributed by atoms with Crippen LogP contribution in [0.25, 0.3) is 0 Å². The second-order valence-corrected chi connectivity index (χ2v) is 4.54. The number of phenolic OH excluding ortho intramolecular Hbond substituents is 3. The van der Waals surface area contributed by atoms with Gasteiger partial charge in [0.1, 0.15) is 11.5 Å². The number of benzene rings is 2. The molecule has 2 rings (SSSR count). The maximum absolute atomic E-state index is 9.72. The van der Waals surface area contributed by atoms with Crippen molar-refractivity contribution in [1.29, 1.82) is 0 Å². The van der Waals surface area contributed by atoms with Gasteiger partial charge in [-0.1, -0.05) is 0 Å². The zero-order valence-electron chi connectivity index (χ0n) is 11.3. The highest BCUT2D eigenvalue weighted by molar-refractivity contribution is 5.55. The highest BCUT2D eigenvalue weighted by atomic mass is 16.5. The van der Waals surface area contributed by atoms with Gasteiger partial charge in [-0.15, -0.1) is 0 Å². The Balaban J connectivity index is 2.18. The van der Waals surface area contributed by atoms with Crippen molar-refractivity contribution in [2.24, 2.45) is 0 Å². The third-order valence-electron chi connectivity index (χ3n) is 2.99. The molecule has 0 saturated heterocycles. The Hall–Kier alpha value is -2.56. The van der Waals surface area contributed by atoms with E-state index in [2.05, 4.69) is 5.32 Å². The molecular weight excluding hydrogens is 258 g/mol. The van der Waals surface area contributed by atoms with Gasteiger partial charge in [-0.3, -0.25) is 0 Å². The molecule has 0 aliphatic carbocycles. The molecule has 5 heteroatoms. The lowest BCUT2D eigenvalue weighted by molar-refractivity contribution is 0.373. The van der Waals surface area contributed by atoms with Gasteiger partial charge in [0.25, 0.3) is 0 Å². The number of ether oxygens (including phenoxy) is 1. The van der Waals surface area contributed by atoms with Crippen LogP contribution in [0.3, 0.4) is 0 Å². The normalized spacial score (nSPS) is 11.9. The van der Waals surface area contributed by atoms with Gasteiger partial charge in [0.15, 0.2) is 11.5 Å². The Morgan fingerprint density at radius 3 is 2.20 bits per heavy atom. The molecule has 0 aromatic heterocycles. The van der Waals surface area contributed by atoms with E-state index in [9.17, 15) is 15.3 Å². The van der Waals surface area contributed by atoms with Crippen LogP contribution in [0, 0.1) is 0 Å². The monoisotopic (exact) mass is 275 g/mol. The molecule has 2 aromatic carbocycles. The van der Waals surface area contributed by atoms with Crippen molar-refractivity contribution in [2.45, 2.75) is 13.0 Å². The number of aromatic hydroxyl groups is 3. The molecule has 0 spiro atoms. The van der Waals surface area contributed by atoms with Crippen molar-refractivity contribution in [3.63, 3.8) is 0 Å². The first-order valence-corrected chi connectivity index (χ1v) is 6.16. The Bertz CT molecular complexity index is 593. The molecule has 0 radical (unpaired) electrons. The molecule has 0 heterocycles. The van der Waals surface area contributed by atoms with E-state index in [1.807, 2.05) is 6.92 Å². The molecule has 0 amide bonds. The zero-order chi connectivity index (χ0) is 14.7. The topological polar surface area (TPSA) is 82.0 Å². The first-order chi connectivity index (χ1) is 9.49. The van der Waals surface area contributed by atoms with E-state index < -0.39 is 0 Å². The molecule has 1 atom stereocenters. The summed E-state index contributed by atoms with van der Waals surface area (Å²) in [7, 11) is 1.49. The van der Waals surface area contributed by atoms with Gasteiger partial charge < -0.3 is 25.4 Å². The van der Waals surface area contributed by atoms with E-state index in [0.717, 1.165) is 5.56 Å². The Morgan fingerprint density at radius 1 is 1.00 bits per heavy atom. The molecule has 0 saturated carbocycles. The summed E-state index contributed by atoms with van der Waals surface area (Å²) in [6.45, 7) is 1.88. The van der Waals surface area contributed by atoms with E-state index in [0.29, 0.717) is 11.4 Å². The van der Waals surface area contributed by atoms with Crippen molar-refractivity contribution >= 4 is 5.69 Å². The molecular formula is C15H17NO4. The molecule has 1 unspecified atom stereocenters. The maximum atomic E-state index is 9.72. The Morgan fingerprint density at radius 2 is 1.65 bits per heavy atom. The van der Waals surface area contributed by atoms with Crippen molar-refractivity contribution in [3.05, 3.63) is 42.0 Å². The molecule has 0 fully saturated rings. The van der Waals surface area contributed by atoms with Gasteiger partial charge in [-0.05, 0) is 36.8 Å². The summed E-state index contributed by atoms with van der Waals surface area (Å²) in [5.74, 6) is 0.458. The predicted octanol–water partition coefficient (Wildman–Crippen LogP) is 2.99. The number of anilines is 1. The molecule has 5 nitrogen and oxygen atoms in total. The molecule has 0 aliphatic rings. The smallest absolute Gasteiger partial charge is 0.160 e. The fraction of sp³-hybridized carbons (Fsp3) is 0.200. The van der Waals surface area contributed by atoms with E-state index in [1.54, 1.807) is 30.3 Å². The van der Waals surface area contributed by atoms with Crippen molar-refractivity contribution < 1.29 is 20.1 Å². The van der Waals surface area contributed by atoms with Crippen LogP contribution in [0.1, 0.15) is 18.5 Å². The first kappa shape index (κ1) is 13.9. The fourth-order valence-electron chi connectivity index (χ4n) is 1.98. The van der Waals surface area contributed by atoms with Crippen molar-refractivity contribution in [2.75, 3.05) is 12.4 Å². The van der Waals surface area contributed by atoms with Crippen LogP contribution in [0.2, 0.25) is 0 Å². The van der Waals surface area contributed by atoms with Crippen LogP contribution in [0.15, 0.2) is 36.4 Å². The van der Waals surface area contributed by atoms with Crippen LogP contribution in [0.4, 0.5) is 5.69 Å². The molecule has 106 valence electrons.